The molecule has 0 rings (SSSR count). The van der Waals surface area contributed by atoms with Crippen molar-refractivity contribution in [2.75, 3.05) is 19.6 Å². The zero-order valence-corrected chi connectivity index (χ0v) is 7.49. The lowest BCUT2D eigenvalue weighted by molar-refractivity contribution is 0.318. The topological polar surface area (TPSA) is 3.24 Å². The zero-order valence-electron chi connectivity index (χ0n) is 6.59. The van der Waals surface area contributed by atoms with Crippen LogP contribution in [-0.2, 0) is 0 Å². The van der Waals surface area contributed by atoms with Gasteiger partial charge in [-0.25, -0.2) is 0 Å². The zero-order chi connectivity index (χ0) is 7.28. The molecule has 0 heterocycles. The van der Waals surface area contributed by atoms with E-state index in [1.54, 1.807) is 0 Å². The fourth-order valence-corrected chi connectivity index (χ4v) is 1.09. The molecular formula is C6H16BNS. The number of hydrogen-bond acceptors (Lipinski definition) is 2. The van der Waals surface area contributed by atoms with Gasteiger partial charge in [0.15, 0.2) is 0 Å². The lowest BCUT2D eigenvalue weighted by Crippen LogP contribution is -2.29. The average Bonchev–Trinajstić information content (AvgIpc) is 1.82. The van der Waals surface area contributed by atoms with Crippen LogP contribution in [0.4, 0.5) is 0 Å². The summed E-state index contributed by atoms with van der Waals surface area (Å²) in [4.78, 5) is 2.37. The van der Waals surface area contributed by atoms with E-state index in [1.807, 2.05) is 0 Å². The molecule has 0 aliphatic rings. The van der Waals surface area contributed by atoms with Crippen LogP contribution in [0.3, 0.4) is 0 Å². The molecule has 0 amide bonds. The Kier molecular flexibility index (Phi) is 5.40. The van der Waals surface area contributed by atoms with E-state index in [0.717, 1.165) is 19.6 Å². The number of nitrogens with zero attached hydrogens (tertiary/aromatic N) is 1. The summed E-state index contributed by atoms with van der Waals surface area (Å²) in [5.74, 6) is 0. The van der Waals surface area contributed by atoms with Crippen LogP contribution in [0.15, 0.2) is 0 Å². The van der Waals surface area contributed by atoms with Gasteiger partial charge in [-0.2, -0.15) is 12.6 Å². The molecule has 0 aromatic carbocycles. The fraction of sp³-hybridized carbons (Fsp3) is 1.00. The van der Waals surface area contributed by atoms with Crippen LogP contribution in [0.25, 0.3) is 0 Å². The molecule has 1 nitrogen and oxygen atoms in total. The second kappa shape index (κ2) is 5.18. The van der Waals surface area contributed by atoms with Crippen LogP contribution in [0.5, 0.6) is 0 Å². The molecular weight excluding hydrogens is 129 g/mol. The summed E-state index contributed by atoms with van der Waals surface area (Å²) < 4.78 is 0. The molecule has 1 unspecified atom stereocenters. The minimum absolute atomic E-state index is 0.505. The van der Waals surface area contributed by atoms with Gasteiger partial charge in [-0.05, 0) is 18.2 Å². The summed E-state index contributed by atoms with van der Waals surface area (Å²) in [5, 5.41) is 0.505. The average molecular weight is 145 g/mol. The highest BCUT2D eigenvalue weighted by Crippen LogP contribution is 1.93. The van der Waals surface area contributed by atoms with E-state index in [4.69, 9.17) is 0 Å². The Labute approximate surface area is 64.6 Å². The fourth-order valence-electron chi connectivity index (χ4n) is 0.855. The number of hydrogen-bond donors (Lipinski definition) is 1. The third-order valence-electron chi connectivity index (χ3n) is 1.42. The second-order valence-electron chi connectivity index (χ2n) is 2.33. The van der Waals surface area contributed by atoms with Gasteiger partial charge < -0.3 is 4.90 Å². The normalized spacial score (nSPS) is 14.2. The molecule has 0 aliphatic heterocycles. The quantitative estimate of drug-likeness (QED) is 0.437. The molecule has 0 N–H and O–H groups in total. The Balaban J connectivity index is 3.31. The van der Waals surface area contributed by atoms with E-state index in [0.29, 0.717) is 5.15 Å². The van der Waals surface area contributed by atoms with Crippen molar-refractivity contribution in [1.29, 1.82) is 0 Å². The Morgan fingerprint density at radius 1 is 1.44 bits per heavy atom. The molecule has 0 radical (unpaired) electrons. The first-order valence-electron chi connectivity index (χ1n) is 3.61. The van der Waals surface area contributed by atoms with Gasteiger partial charge in [0, 0.05) is 6.54 Å². The van der Waals surface area contributed by atoms with Crippen molar-refractivity contribution < 1.29 is 0 Å². The third kappa shape index (κ3) is 4.85. The van der Waals surface area contributed by atoms with Gasteiger partial charge in [0.05, 0.1) is 0 Å². The van der Waals surface area contributed by atoms with Crippen molar-refractivity contribution in [1.82, 2.24) is 4.90 Å². The van der Waals surface area contributed by atoms with Crippen LogP contribution >= 0.6 is 12.6 Å². The molecule has 3 heteroatoms. The maximum Gasteiger partial charge on any atom is 0.119 e. The molecule has 0 aromatic heterocycles. The van der Waals surface area contributed by atoms with Crippen molar-refractivity contribution in [2.24, 2.45) is 0 Å². The first kappa shape index (κ1) is 9.37. The highest BCUT2D eigenvalue weighted by Gasteiger charge is 2.00. The summed E-state index contributed by atoms with van der Waals surface area (Å²) >= 11 is 4.30. The highest BCUT2D eigenvalue weighted by molar-refractivity contribution is 7.82. The summed E-state index contributed by atoms with van der Waals surface area (Å²) in [6.45, 7) is 7.75. The van der Waals surface area contributed by atoms with Crippen molar-refractivity contribution in [3.05, 3.63) is 0 Å². The van der Waals surface area contributed by atoms with Gasteiger partial charge in [0.25, 0.3) is 0 Å². The minimum atomic E-state index is 0.505. The maximum absolute atomic E-state index is 4.30. The minimum Gasteiger partial charge on any atom is -0.304 e. The van der Waals surface area contributed by atoms with E-state index in [9.17, 15) is 0 Å². The van der Waals surface area contributed by atoms with E-state index in [2.05, 4.69) is 39.2 Å². The standard InChI is InChI=1S/C6H16BNS/c1-3-8(4-2)5-6(7)9/h6,9H,3-5,7H2,1-2H3. The lowest BCUT2D eigenvalue weighted by atomic mass is 10.0. The predicted octanol–water partition coefficient (Wildman–Crippen LogP) is 0.217. The van der Waals surface area contributed by atoms with Crippen LogP contribution in [0.2, 0.25) is 0 Å². The number of thiol groups is 1. The first-order valence-corrected chi connectivity index (χ1v) is 4.12. The predicted molar refractivity (Wildman–Crippen MR) is 49.1 cm³/mol. The van der Waals surface area contributed by atoms with Crippen molar-refractivity contribution in [2.45, 2.75) is 19.0 Å². The number of rotatable bonds is 4. The monoisotopic (exact) mass is 145 g/mol. The molecule has 0 saturated heterocycles. The van der Waals surface area contributed by atoms with Crippen molar-refractivity contribution >= 4 is 20.5 Å². The van der Waals surface area contributed by atoms with Gasteiger partial charge in [-0.3, -0.25) is 0 Å². The summed E-state index contributed by atoms with van der Waals surface area (Å²) in [6, 6.07) is 0. The Morgan fingerprint density at radius 3 is 2.00 bits per heavy atom. The largest absolute Gasteiger partial charge is 0.304 e. The van der Waals surface area contributed by atoms with E-state index >= 15 is 0 Å². The van der Waals surface area contributed by atoms with Gasteiger partial charge in [0.1, 0.15) is 7.85 Å². The van der Waals surface area contributed by atoms with Gasteiger partial charge in [-0.1, -0.05) is 13.8 Å². The lowest BCUT2D eigenvalue weighted by Gasteiger charge is -2.19. The van der Waals surface area contributed by atoms with Gasteiger partial charge in [-0.15, -0.1) is 0 Å². The molecule has 0 fully saturated rings. The third-order valence-corrected chi connectivity index (χ3v) is 1.58. The van der Waals surface area contributed by atoms with E-state index < -0.39 is 0 Å². The SMILES string of the molecule is BC(S)CN(CC)CC. The van der Waals surface area contributed by atoms with E-state index in [1.165, 1.54) is 0 Å². The molecule has 54 valence electrons. The van der Waals surface area contributed by atoms with E-state index in [-0.39, 0.29) is 0 Å². The van der Waals surface area contributed by atoms with Crippen molar-refractivity contribution in [3.63, 3.8) is 0 Å². The second-order valence-corrected chi connectivity index (χ2v) is 3.22. The Morgan fingerprint density at radius 2 is 1.89 bits per heavy atom. The molecule has 0 aliphatic carbocycles. The van der Waals surface area contributed by atoms with Crippen molar-refractivity contribution in [3.8, 4) is 0 Å². The molecule has 1 atom stereocenters. The van der Waals surface area contributed by atoms with Crippen LogP contribution in [-0.4, -0.2) is 37.5 Å². The first-order chi connectivity index (χ1) is 4.20. The Bertz CT molecular complexity index is 64.1. The molecule has 0 saturated carbocycles. The molecule has 0 aromatic rings. The summed E-state index contributed by atoms with van der Waals surface area (Å²) in [5.41, 5.74) is 0. The van der Waals surface area contributed by atoms with Crippen LogP contribution in [0.1, 0.15) is 13.8 Å². The Hall–Kier alpha value is 0.375. The summed E-state index contributed by atoms with van der Waals surface area (Å²) in [6.07, 6.45) is 0. The summed E-state index contributed by atoms with van der Waals surface area (Å²) in [7, 11) is 2.13. The van der Waals surface area contributed by atoms with Gasteiger partial charge >= 0.3 is 0 Å². The van der Waals surface area contributed by atoms with Crippen LogP contribution in [0, 0.1) is 0 Å². The van der Waals surface area contributed by atoms with Crippen LogP contribution < -0.4 is 0 Å². The van der Waals surface area contributed by atoms with Gasteiger partial charge in [0.2, 0.25) is 0 Å². The molecule has 9 heavy (non-hydrogen) atoms. The smallest absolute Gasteiger partial charge is 0.119 e. The highest BCUT2D eigenvalue weighted by atomic mass is 32.1. The molecule has 0 spiro atoms. The molecule has 0 bridgehead atoms. The maximum atomic E-state index is 4.30.